The summed E-state index contributed by atoms with van der Waals surface area (Å²) in [6.07, 6.45) is 11.2. The quantitative estimate of drug-likeness (QED) is 0.261. The molecule has 0 N–H and O–H groups in total. The number of ether oxygens (including phenoxy) is 1. The summed E-state index contributed by atoms with van der Waals surface area (Å²) in [5.74, 6) is 0.252. The molecular weight excluding hydrogens is 543 g/mol. The predicted octanol–water partition coefficient (Wildman–Crippen LogP) is 6.94. The predicted molar refractivity (Wildman–Crippen MR) is 164 cm³/mol. The number of hydrogen-bond acceptors (Lipinski definition) is 5. The molecule has 1 atom stereocenters. The first-order valence-electron chi connectivity index (χ1n) is 15.4. The Morgan fingerprint density at radius 1 is 0.930 bits per heavy atom. The maximum atomic E-state index is 15.0. The van der Waals surface area contributed by atoms with E-state index in [0.717, 1.165) is 66.7 Å². The lowest BCUT2D eigenvalue weighted by Gasteiger charge is -2.37. The fourth-order valence-corrected chi connectivity index (χ4v) is 7.06. The van der Waals surface area contributed by atoms with E-state index in [1.54, 1.807) is 17.0 Å². The molecule has 5 heterocycles. The zero-order chi connectivity index (χ0) is 29.7. The molecule has 4 aromatic rings. The van der Waals surface area contributed by atoms with Crippen molar-refractivity contribution in [3.63, 3.8) is 0 Å². The van der Waals surface area contributed by atoms with Gasteiger partial charge in [-0.25, -0.2) is 14.2 Å². The zero-order valence-corrected chi connectivity index (χ0v) is 25.1. The first kappa shape index (κ1) is 27.7. The van der Waals surface area contributed by atoms with Crippen LogP contribution < -0.4 is 4.90 Å². The summed E-state index contributed by atoms with van der Waals surface area (Å²) < 4.78 is 24.7. The third-order valence-corrected chi connectivity index (χ3v) is 9.23. The van der Waals surface area contributed by atoms with Gasteiger partial charge < -0.3 is 19.1 Å². The van der Waals surface area contributed by atoms with Gasteiger partial charge in [0.25, 0.3) is 0 Å². The molecule has 3 aliphatic rings. The van der Waals surface area contributed by atoms with Gasteiger partial charge in [-0.3, -0.25) is 4.68 Å². The summed E-state index contributed by atoms with van der Waals surface area (Å²) in [5, 5.41) is 4.68. The first-order valence-corrected chi connectivity index (χ1v) is 15.4. The molecule has 43 heavy (non-hydrogen) atoms. The van der Waals surface area contributed by atoms with Gasteiger partial charge >= 0.3 is 6.09 Å². The number of imidazole rings is 1. The number of nitrogens with zero attached hydrogens (tertiary/aromatic N) is 6. The van der Waals surface area contributed by atoms with Crippen molar-refractivity contribution in [1.82, 2.24) is 24.2 Å². The molecule has 0 spiro atoms. The highest BCUT2D eigenvalue weighted by Gasteiger charge is 2.38. The average molecular weight is 583 g/mol. The summed E-state index contributed by atoms with van der Waals surface area (Å²) in [5.41, 5.74) is 5.80. The van der Waals surface area contributed by atoms with E-state index in [0.29, 0.717) is 19.0 Å². The maximum absolute atomic E-state index is 15.0. The van der Waals surface area contributed by atoms with Gasteiger partial charge in [0.2, 0.25) is 0 Å². The van der Waals surface area contributed by atoms with Gasteiger partial charge in [-0.1, -0.05) is 24.3 Å². The Kier molecular flexibility index (Phi) is 6.98. The molecule has 2 fully saturated rings. The van der Waals surface area contributed by atoms with Crippen LogP contribution in [-0.2, 0) is 4.74 Å². The first-order chi connectivity index (χ1) is 20.7. The van der Waals surface area contributed by atoms with Crippen molar-refractivity contribution in [3.05, 3.63) is 78.8 Å². The van der Waals surface area contributed by atoms with Crippen LogP contribution in [0.25, 0.3) is 22.4 Å². The van der Waals surface area contributed by atoms with Crippen LogP contribution in [0.15, 0.2) is 67.4 Å². The van der Waals surface area contributed by atoms with E-state index in [2.05, 4.69) is 54.7 Å². The minimum atomic E-state index is -0.481. The lowest BCUT2D eigenvalue weighted by Crippen LogP contribution is -2.42. The number of amides is 1. The molecule has 224 valence electrons. The van der Waals surface area contributed by atoms with Gasteiger partial charge in [0.1, 0.15) is 11.4 Å². The van der Waals surface area contributed by atoms with Crippen LogP contribution >= 0.6 is 0 Å². The minimum absolute atomic E-state index is 0.0133. The van der Waals surface area contributed by atoms with Crippen molar-refractivity contribution in [3.8, 4) is 22.4 Å². The molecule has 2 aromatic heterocycles. The number of carbonyl (C=O) groups is 1. The van der Waals surface area contributed by atoms with Gasteiger partial charge in [-0.2, -0.15) is 5.10 Å². The lowest BCUT2D eigenvalue weighted by atomic mass is 9.85. The Hall–Kier alpha value is -4.14. The Morgan fingerprint density at radius 2 is 1.67 bits per heavy atom. The third-order valence-electron chi connectivity index (χ3n) is 9.23. The molecule has 0 saturated carbocycles. The van der Waals surface area contributed by atoms with Crippen molar-refractivity contribution >= 4 is 11.8 Å². The van der Waals surface area contributed by atoms with Crippen molar-refractivity contribution in [2.24, 2.45) is 5.92 Å². The van der Waals surface area contributed by atoms with E-state index in [4.69, 9.17) is 4.74 Å². The highest BCUT2D eigenvalue weighted by atomic mass is 19.1. The van der Waals surface area contributed by atoms with Crippen molar-refractivity contribution in [2.45, 2.75) is 64.1 Å². The van der Waals surface area contributed by atoms with E-state index < -0.39 is 5.60 Å². The Morgan fingerprint density at radius 3 is 2.40 bits per heavy atom. The van der Waals surface area contributed by atoms with E-state index in [9.17, 15) is 9.18 Å². The van der Waals surface area contributed by atoms with Crippen LogP contribution in [0.1, 0.15) is 64.1 Å². The van der Waals surface area contributed by atoms with E-state index in [1.807, 2.05) is 45.6 Å². The number of hydrogen-bond donors (Lipinski definition) is 0. The smallest absolute Gasteiger partial charge is 0.410 e. The summed E-state index contributed by atoms with van der Waals surface area (Å²) in [4.78, 5) is 21.0. The molecule has 9 heteroatoms. The maximum Gasteiger partial charge on any atom is 0.410 e. The Balaban J connectivity index is 0.963. The van der Waals surface area contributed by atoms with Crippen LogP contribution in [0, 0.1) is 11.7 Å². The Bertz CT molecular complexity index is 1600. The summed E-state index contributed by atoms with van der Waals surface area (Å²) in [6.45, 7) is 8.91. The fourth-order valence-electron chi connectivity index (χ4n) is 7.06. The number of benzene rings is 2. The highest BCUT2D eigenvalue weighted by molar-refractivity contribution is 5.70. The molecule has 0 radical (unpaired) electrons. The second-order valence-electron chi connectivity index (χ2n) is 13.1. The van der Waals surface area contributed by atoms with Gasteiger partial charge in [0.05, 0.1) is 36.5 Å². The van der Waals surface area contributed by atoms with Gasteiger partial charge in [0.15, 0.2) is 0 Å². The molecular formula is C34H39FN6O2. The topological polar surface area (TPSA) is 68.4 Å². The third kappa shape index (κ3) is 5.30. The molecule has 3 aliphatic heterocycles. The largest absolute Gasteiger partial charge is 0.444 e. The summed E-state index contributed by atoms with van der Waals surface area (Å²) in [6, 6.07) is 14.4. The van der Waals surface area contributed by atoms with E-state index in [-0.39, 0.29) is 24.0 Å². The monoisotopic (exact) mass is 582 g/mol. The zero-order valence-electron chi connectivity index (χ0n) is 25.1. The fraction of sp³-hybridized carbons (Fsp3) is 0.441. The number of likely N-dealkylation sites (tertiary alicyclic amines) is 1. The lowest BCUT2D eigenvalue weighted by molar-refractivity contribution is 0.0185. The molecule has 2 saturated heterocycles. The summed E-state index contributed by atoms with van der Waals surface area (Å²) in [7, 11) is 0. The molecule has 1 amide bonds. The highest BCUT2D eigenvalue weighted by Crippen LogP contribution is 2.47. The van der Waals surface area contributed by atoms with Crippen LogP contribution in [0.5, 0.6) is 0 Å². The molecule has 1 unspecified atom stereocenters. The van der Waals surface area contributed by atoms with Crippen LogP contribution in [-0.4, -0.2) is 62.1 Å². The SMILES string of the molecule is CC(C)(C)OC(=O)N1CCC(n2cc(-c3ccc(N4CCC(C5c6c(F)cccc6-c6cncn65)CC4)cc3)cn2)CC1. The van der Waals surface area contributed by atoms with E-state index >= 15 is 0 Å². The van der Waals surface area contributed by atoms with Crippen LogP contribution in [0.3, 0.4) is 0 Å². The Labute approximate surface area is 252 Å². The van der Waals surface area contributed by atoms with Crippen molar-refractivity contribution in [2.75, 3.05) is 31.1 Å². The normalized spacial score (nSPS) is 19.4. The number of rotatable bonds is 4. The molecule has 0 bridgehead atoms. The number of fused-ring (bicyclic) bond motifs is 3. The minimum Gasteiger partial charge on any atom is -0.444 e. The second-order valence-corrected chi connectivity index (χ2v) is 13.1. The summed E-state index contributed by atoms with van der Waals surface area (Å²) >= 11 is 0. The van der Waals surface area contributed by atoms with Gasteiger partial charge in [-0.05, 0) is 76.1 Å². The van der Waals surface area contributed by atoms with Gasteiger partial charge in [-0.15, -0.1) is 0 Å². The number of piperidine rings is 2. The van der Waals surface area contributed by atoms with Crippen molar-refractivity contribution in [1.29, 1.82) is 0 Å². The molecule has 0 aliphatic carbocycles. The van der Waals surface area contributed by atoms with Crippen LogP contribution in [0.4, 0.5) is 14.9 Å². The molecule has 8 nitrogen and oxygen atoms in total. The average Bonchev–Trinajstić information content (AvgIpc) is 3.74. The van der Waals surface area contributed by atoms with E-state index in [1.165, 1.54) is 5.69 Å². The van der Waals surface area contributed by atoms with Crippen molar-refractivity contribution < 1.29 is 13.9 Å². The molecule has 7 rings (SSSR count). The number of aromatic nitrogens is 4. The van der Waals surface area contributed by atoms with Gasteiger partial charge in [0, 0.05) is 54.8 Å². The molecule has 2 aromatic carbocycles. The number of anilines is 1. The van der Waals surface area contributed by atoms with Crippen LogP contribution in [0.2, 0.25) is 0 Å². The standard InChI is InChI=1S/C34H39FN6O2/c1-34(2,3)43-33(42)39-17-13-27(14-18-39)41-21-25(19-37-41)23-7-9-26(10-8-23)38-15-11-24(12-16-38)32-31-28(5-4-6-29(31)35)30-20-36-22-40(30)32/h4-10,19-22,24,27,32H,11-18H2,1-3H3. The number of halogens is 1. The second kappa shape index (κ2) is 10.8. The number of carbonyl (C=O) groups excluding carboxylic acids is 1.